The lowest BCUT2D eigenvalue weighted by molar-refractivity contribution is -0.151. The maximum atomic E-state index is 13.7. The summed E-state index contributed by atoms with van der Waals surface area (Å²) < 4.78 is 15.1. The molecule has 0 N–H and O–H groups in total. The Kier molecular flexibility index (Phi) is 5.41. The van der Waals surface area contributed by atoms with Crippen LogP contribution in [0.25, 0.3) is 0 Å². The number of likely N-dealkylation sites (tertiary alicyclic amines) is 1. The van der Waals surface area contributed by atoms with Crippen molar-refractivity contribution in [3.63, 3.8) is 0 Å². The second-order valence-electron chi connectivity index (χ2n) is 9.26. The smallest absolute Gasteiger partial charge is 0.357 e. The Bertz CT molecular complexity index is 1200. The van der Waals surface area contributed by atoms with E-state index in [2.05, 4.69) is 4.99 Å². The Labute approximate surface area is 202 Å². The van der Waals surface area contributed by atoms with E-state index >= 15 is 0 Å². The zero-order valence-electron chi connectivity index (χ0n) is 20.1. The quantitative estimate of drug-likeness (QED) is 0.467. The summed E-state index contributed by atoms with van der Waals surface area (Å²) in [7, 11) is 5.52. The van der Waals surface area contributed by atoms with Gasteiger partial charge in [0, 0.05) is 18.7 Å². The predicted octanol–water partition coefficient (Wildman–Crippen LogP) is 1.33. The molecule has 0 aromatic heterocycles. The van der Waals surface area contributed by atoms with E-state index in [4.69, 9.17) is 14.2 Å². The van der Waals surface area contributed by atoms with Crippen LogP contribution in [0, 0.1) is 5.92 Å². The van der Waals surface area contributed by atoms with Gasteiger partial charge in [0.1, 0.15) is 11.9 Å². The average molecular weight is 482 g/mol. The Balaban J connectivity index is 1.82. The highest BCUT2D eigenvalue weighted by atomic mass is 16.5. The van der Waals surface area contributed by atoms with Gasteiger partial charge < -0.3 is 19.1 Å². The topological polar surface area (TPSA) is 115 Å². The Hall–Kier alpha value is -3.69. The molecule has 3 atom stereocenters. The summed E-state index contributed by atoms with van der Waals surface area (Å²) in [4.78, 5) is 60.7. The summed E-state index contributed by atoms with van der Waals surface area (Å²) in [5.41, 5.74) is 0.369. The van der Waals surface area contributed by atoms with E-state index in [0.29, 0.717) is 0 Å². The van der Waals surface area contributed by atoms with Crippen molar-refractivity contribution < 1.29 is 33.4 Å². The van der Waals surface area contributed by atoms with E-state index in [-0.39, 0.29) is 35.4 Å². The normalized spacial score (nSPS) is 26.8. The number of amides is 1. The van der Waals surface area contributed by atoms with Crippen molar-refractivity contribution in [3.8, 4) is 0 Å². The zero-order valence-corrected chi connectivity index (χ0v) is 20.1. The van der Waals surface area contributed by atoms with Gasteiger partial charge in [-0.05, 0) is 30.9 Å². The lowest BCUT2D eigenvalue weighted by atomic mass is 9.69. The average Bonchev–Trinajstić information content (AvgIpc) is 3.32. The number of anilines is 1. The molecule has 10 nitrogen and oxygen atoms in total. The van der Waals surface area contributed by atoms with Crippen LogP contribution in [-0.2, 0) is 38.8 Å². The molecule has 184 valence electrons. The van der Waals surface area contributed by atoms with Crippen molar-refractivity contribution in [3.05, 3.63) is 41.1 Å². The molecule has 2 fully saturated rings. The number of aliphatic imine (C=N–C) groups is 1. The van der Waals surface area contributed by atoms with Crippen LogP contribution < -0.4 is 4.90 Å². The Morgan fingerprint density at radius 1 is 1.00 bits per heavy atom. The molecule has 1 saturated heterocycles. The fraction of sp³-hybridized carbons (Fsp3) is 0.480. The molecule has 3 aliphatic heterocycles. The number of amidine groups is 1. The Morgan fingerprint density at radius 2 is 1.69 bits per heavy atom. The number of methoxy groups -OCH3 is 3. The van der Waals surface area contributed by atoms with Crippen molar-refractivity contribution >= 4 is 35.3 Å². The van der Waals surface area contributed by atoms with Crippen LogP contribution in [0.2, 0.25) is 0 Å². The standard InChI is InChI=1S/C25H27N3O7/c1-27-15-11-6-5-10-14(15)25-12-16(21(30)33-2)28(20(29)13-8-7-9-13)24(25)26-18(23(32)35-4)17(19(25)27)22(31)34-3/h5-6,10-11,13,16,19H,7-9,12H2,1-4H3/t16-,19-,25-/m0/s1. The first-order valence-electron chi connectivity index (χ1n) is 11.5. The minimum atomic E-state index is -1.05. The highest BCUT2D eigenvalue weighted by Gasteiger charge is 2.67. The predicted molar refractivity (Wildman–Crippen MR) is 123 cm³/mol. The number of esters is 3. The van der Waals surface area contributed by atoms with Gasteiger partial charge in [-0.1, -0.05) is 24.6 Å². The molecule has 1 aromatic rings. The van der Waals surface area contributed by atoms with Crippen molar-refractivity contribution in [2.24, 2.45) is 10.9 Å². The lowest BCUT2D eigenvalue weighted by Gasteiger charge is -2.40. The summed E-state index contributed by atoms with van der Waals surface area (Å²) in [5.74, 6) is -2.32. The molecule has 1 saturated carbocycles. The first kappa shape index (κ1) is 23.1. The highest BCUT2D eigenvalue weighted by Crippen LogP contribution is 2.57. The molecule has 0 unspecified atom stereocenters. The van der Waals surface area contributed by atoms with E-state index in [1.54, 1.807) is 0 Å². The van der Waals surface area contributed by atoms with Crippen LogP contribution in [0.5, 0.6) is 0 Å². The summed E-state index contributed by atoms with van der Waals surface area (Å²) in [6.07, 6.45) is 2.52. The van der Waals surface area contributed by atoms with E-state index < -0.39 is 35.4 Å². The first-order chi connectivity index (χ1) is 16.8. The van der Waals surface area contributed by atoms with Crippen LogP contribution in [0.4, 0.5) is 5.69 Å². The van der Waals surface area contributed by atoms with Gasteiger partial charge in [0.25, 0.3) is 0 Å². The molecule has 1 aromatic carbocycles. The molecule has 35 heavy (non-hydrogen) atoms. The van der Waals surface area contributed by atoms with E-state index in [1.807, 2.05) is 36.2 Å². The molecule has 10 heteroatoms. The van der Waals surface area contributed by atoms with Crippen molar-refractivity contribution in [2.75, 3.05) is 33.3 Å². The molecule has 1 amide bonds. The van der Waals surface area contributed by atoms with Crippen LogP contribution in [0.1, 0.15) is 31.2 Å². The van der Waals surface area contributed by atoms with Crippen molar-refractivity contribution in [2.45, 2.75) is 43.2 Å². The third-order valence-electron chi connectivity index (χ3n) is 7.77. The number of ether oxygens (including phenoxy) is 3. The molecule has 4 aliphatic rings. The minimum Gasteiger partial charge on any atom is -0.467 e. The van der Waals surface area contributed by atoms with Crippen LogP contribution >= 0.6 is 0 Å². The second-order valence-corrected chi connectivity index (χ2v) is 9.26. The SMILES string of the molecule is COC(=O)C1=C(C(=O)OC)[C@@H]2N(C)c3ccccc3[C@@]23C[C@@H](C(=O)OC)N(C(=O)C2CCC2)C3=N1. The van der Waals surface area contributed by atoms with Gasteiger partial charge in [-0.3, -0.25) is 9.69 Å². The number of hydrogen-bond donors (Lipinski definition) is 0. The summed E-state index contributed by atoms with van der Waals surface area (Å²) in [6, 6.07) is 5.83. The largest absolute Gasteiger partial charge is 0.467 e. The number of rotatable bonds is 4. The molecular weight excluding hydrogens is 454 g/mol. The van der Waals surface area contributed by atoms with Gasteiger partial charge in [0.05, 0.1) is 38.4 Å². The molecular formula is C25H27N3O7. The molecule has 1 aliphatic carbocycles. The monoisotopic (exact) mass is 481 g/mol. The number of fused-ring (bicyclic) bond motifs is 1. The number of benzene rings is 1. The van der Waals surface area contributed by atoms with Gasteiger partial charge in [-0.15, -0.1) is 0 Å². The number of likely N-dealkylation sites (N-methyl/N-ethyl adjacent to an activating group) is 1. The number of hydrogen-bond acceptors (Lipinski definition) is 9. The van der Waals surface area contributed by atoms with Gasteiger partial charge in [0.2, 0.25) is 5.91 Å². The number of para-hydroxylation sites is 1. The van der Waals surface area contributed by atoms with Crippen LogP contribution in [0.3, 0.4) is 0 Å². The number of carbonyl (C=O) groups is 4. The zero-order chi connectivity index (χ0) is 25.1. The Morgan fingerprint density at radius 3 is 2.29 bits per heavy atom. The third-order valence-corrected chi connectivity index (χ3v) is 7.77. The van der Waals surface area contributed by atoms with Crippen molar-refractivity contribution in [1.82, 2.24) is 4.90 Å². The summed E-state index contributed by atoms with van der Waals surface area (Å²) >= 11 is 0. The van der Waals surface area contributed by atoms with E-state index in [9.17, 15) is 19.2 Å². The molecule has 5 rings (SSSR count). The third kappa shape index (κ3) is 2.98. The van der Waals surface area contributed by atoms with Gasteiger partial charge in [0.15, 0.2) is 5.70 Å². The van der Waals surface area contributed by atoms with E-state index in [1.165, 1.54) is 26.2 Å². The maximum absolute atomic E-state index is 13.7. The van der Waals surface area contributed by atoms with Crippen LogP contribution in [-0.4, -0.2) is 75.0 Å². The van der Waals surface area contributed by atoms with E-state index in [0.717, 1.165) is 30.5 Å². The van der Waals surface area contributed by atoms with Crippen molar-refractivity contribution in [1.29, 1.82) is 0 Å². The molecule has 1 spiro atoms. The molecule has 0 radical (unpaired) electrons. The van der Waals surface area contributed by atoms with Gasteiger partial charge in [-0.25, -0.2) is 19.4 Å². The maximum Gasteiger partial charge on any atom is 0.357 e. The number of carbonyl (C=O) groups excluding carboxylic acids is 4. The fourth-order valence-corrected chi connectivity index (χ4v) is 5.98. The summed E-state index contributed by atoms with van der Waals surface area (Å²) in [5, 5.41) is 0. The number of nitrogens with zero attached hydrogens (tertiary/aromatic N) is 3. The van der Waals surface area contributed by atoms with Crippen LogP contribution in [0.15, 0.2) is 40.5 Å². The second kappa shape index (κ2) is 8.21. The van der Waals surface area contributed by atoms with Gasteiger partial charge >= 0.3 is 17.9 Å². The minimum absolute atomic E-state index is 0.0309. The summed E-state index contributed by atoms with van der Waals surface area (Å²) in [6.45, 7) is 0. The molecule has 0 bridgehead atoms. The lowest BCUT2D eigenvalue weighted by Crippen LogP contribution is -2.56. The fourth-order valence-electron chi connectivity index (χ4n) is 5.98. The highest BCUT2D eigenvalue weighted by molar-refractivity contribution is 6.17. The van der Waals surface area contributed by atoms with Gasteiger partial charge in [-0.2, -0.15) is 0 Å². The molecule has 3 heterocycles. The first-order valence-corrected chi connectivity index (χ1v) is 11.5.